The van der Waals surface area contributed by atoms with Crippen LogP contribution in [0.3, 0.4) is 0 Å². The molecule has 0 spiro atoms. The Kier molecular flexibility index (Phi) is 5.32. The standard InChI is InChI=1S/C19H27N3O3/c1-12(23)13-7-6-8-14(9-13)20-16(24)17(25)21-15-10-18(2,3)22-19(4,5)11-15/h6-9,15,22H,10-11H2,1-5H3,(H,20,24)(H,21,25). The summed E-state index contributed by atoms with van der Waals surface area (Å²) in [6, 6.07) is 6.46. The van der Waals surface area contributed by atoms with Crippen LogP contribution in [0, 0.1) is 0 Å². The summed E-state index contributed by atoms with van der Waals surface area (Å²) in [5.74, 6) is -1.48. The first-order valence-corrected chi connectivity index (χ1v) is 8.50. The van der Waals surface area contributed by atoms with Crippen molar-refractivity contribution < 1.29 is 14.4 Å². The third-order valence-corrected chi connectivity index (χ3v) is 4.26. The number of amides is 2. The van der Waals surface area contributed by atoms with E-state index in [2.05, 4.69) is 43.6 Å². The molecule has 1 aliphatic rings. The van der Waals surface area contributed by atoms with E-state index in [0.717, 1.165) is 12.8 Å². The molecule has 1 saturated heterocycles. The minimum Gasteiger partial charge on any atom is -0.345 e. The normalized spacial score (nSPS) is 19.1. The Hall–Kier alpha value is -2.21. The van der Waals surface area contributed by atoms with Crippen molar-refractivity contribution in [3.05, 3.63) is 29.8 Å². The number of carbonyl (C=O) groups excluding carboxylic acids is 3. The Morgan fingerprint density at radius 3 is 2.20 bits per heavy atom. The fraction of sp³-hybridized carbons (Fsp3) is 0.526. The van der Waals surface area contributed by atoms with E-state index < -0.39 is 11.8 Å². The average molecular weight is 345 g/mol. The van der Waals surface area contributed by atoms with E-state index in [1.54, 1.807) is 24.3 Å². The molecule has 1 aromatic rings. The molecule has 136 valence electrons. The maximum atomic E-state index is 12.2. The molecule has 0 aliphatic carbocycles. The van der Waals surface area contributed by atoms with Crippen molar-refractivity contribution in [3.63, 3.8) is 0 Å². The number of carbonyl (C=O) groups is 3. The first-order valence-electron chi connectivity index (χ1n) is 8.50. The number of ketones is 1. The average Bonchev–Trinajstić information content (AvgIpc) is 2.43. The van der Waals surface area contributed by atoms with Crippen molar-refractivity contribution in [2.24, 2.45) is 0 Å². The molecule has 25 heavy (non-hydrogen) atoms. The van der Waals surface area contributed by atoms with Gasteiger partial charge in [-0.1, -0.05) is 12.1 Å². The van der Waals surface area contributed by atoms with Crippen LogP contribution in [-0.2, 0) is 9.59 Å². The van der Waals surface area contributed by atoms with Gasteiger partial charge < -0.3 is 16.0 Å². The molecule has 1 heterocycles. The van der Waals surface area contributed by atoms with Crippen LogP contribution < -0.4 is 16.0 Å². The van der Waals surface area contributed by atoms with Crippen LogP contribution in [0.2, 0.25) is 0 Å². The van der Waals surface area contributed by atoms with Gasteiger partial charge in [0.15, 0.2) is 5.78 Å². The molecule has 0 saturated carbocycles. The lowest BCUT2D eigenvalue weighted by molar-refractivity contribution is -0.137. The second-order valence-corrected chi connectivity index (χ2v) is 8.06. The summed E-state index contributed by atoms with van der Waals surface area (Å²) in [7, 11) is 0. The zero-order valence-corrected chi connectivity index (χ0v) is 15.5. The Labute approximate surface area is 148 Å². The van der Waals surface area contributed by atoms with Crippen LogP contribution in [0.1, 0.15) is 57.8 Å². The molecular formula is C19H27N3O3. The van der Waals surface area contributed by atoms with Gasteiger partial charge in [0.1, 0.15) is 0 Å². The lowest BCUT2D eigenvalue weighted by Crippen LogP contribution is -2.62. The molecule has 2 amide bonds. The van der Waals surface area contributed by atoms with Crippen LogP contribution in [0.4, 0.5) is 5.69 Å². The maximum absolute atomic E-state index is 12.2. The minimum atomic E-state index is -0.727. The summed E-state index contributed by atoms with van der Waals surface area (Å²) >= 11 is 0. The zero-order valence-electron chi connectivity index (χ0n) is 15.5. The predicted molar refractivity (Wildman–Crippen MR) is 97.5 cm³/mol. The monoisotopic (exact) mass is 345 g/mol. The summed E-state index contributed by atoms with van der Waals surface area (Å²) in [4.78, 5) is 35.8. The summed E-state index contributed by atoms with van der Waals surface area (Å²) < 4.78 is 0. The molecular weight excluding hydrogens is 318 g/mol. The van der Waals surface area contributed by atoms with E-state index >= 15 is 0 Å². The first kappa shape index (κ1) is 19.1. The number of piperidine rings is 1. The maximum Gasteiger partial charge on any atom is 0.313 e. The summed E-state index contributed by atoms with van der Waals surface area (Å²) in [5.41, 5.74) is 0.678. The highest BCUT2D eigenvalue weighted by molar-refractivity contribution is 6.39. The number of nitrogens with one attached hydrogen (secondary N) is 3. The molecule has 0 unspecified atom stereocenters. The van der Waals surface area contributed by atoms with E-state index in [-0.39, 0.29) is 22.9 Å². The highest BCUT2D eigenvalue weighted by atomic mass is 16.2. The second-order valence-electron chi connectivity index (χ2n) is 8.06. The van der Waals surface area contributed by atoms with Gasteiger partial charge in [0.25, 0.3) is 0 Å². The zero-order chi connectivity index (χ0) is 18.8. The Morgan fingerprint density at radius 2 is 1.64 bits per heavy atom. The van der Waals surface area contributed by atoms with Crippen LogP contribution in [0.25, 0.3) is 0 Å². The van der Waals surface area contributed by atoms with E-state index in [9.17, 15) is 14.4 Å². The van der Waals surface area contributed by atoms with Crippen molar-refractivity contribution in [3.8, 4) is 0 Å². The molecule has 1 fully saturated rings. The van der Waals surface area contributed by atoms with Gasteiger partial charge >= 0.3 is 11.8 Å². The highest BCUT2D eigenvalue weighted by Gasteiger charge is 2.38. The quantitative estimate of drug-likeness (QED) is 0.579. The van der Waals surface area contributed by atoms with Crippen LogP contribution in [0.15, 0.2) is 24.3 Å². The third kappa shape index (κ3) is 5.39. The Morgan fingerprint density at radius 1 is 1.04 bits per heavy atom. The van der Waals surface area contributed by atoms with E-state index in [1.165, 1.54) is 6.92 Å². The van der Waals surface area contributed by atoms with E-state index in [0.29, 0.717) is 11.3 Å². The van der Waals surface area contributed by atoms with Crippen molar-refractivity contribution in [2.75, 3.05) is 5.32 Å². The van der Waals surface area contributed by atoms with Gasteiger partial charge in [0.2, 0.25) is 0 Å². The Bertz CT molecular complexity index is 679. The third-order valence-electron chi connectivity index (χ3n) is 4.26. The molecule has 0 radical (unpaired) electrons. The largest absolute Gasteiger partial charge is 0.345 e. The molecule has 0 aromatic heterocycles. The number of rotatable bonds is 3. The Balaban J connectivity index is 2.00. The van der Waals surface area contributed by atoms with Gasteiger partial charge in [-0.3, -0.25) is 14.4 Å². The van der Waals surface area contributed by atoms with Gasteiger partial charge in [0.05, 0.1) is 0 Å². The van der Waals surface area contributed by atoms with Gasteiger partial charge in [-0.05, 0) is 59.6 Å². The van der Waals surface area contributed by atoms with Crippen LogP contribution >= 0.6 is 0 Å². The smallest absolute Gasteiger partial charge is 0.313 e. The van der Waals surface area contributed by atoms with Crippen LogP contribution in [-0.4, -0.2) is 34.7 Å². The number of Topliss-reactive ketones (excluding diaryl/α,β-unsaturated/α-hetero) is 1. The van der Waals surface area contributed by atoms with Crippen LogP contribution in [0.5, 0.6) is 0 Å². The molecule has 0 bridgehead atoms. The molecule has 6 heteroatoms. The first-order chi connectivity index (χ1) is 11.5. The van der Waals surface area contributed by atoms with Crippen molar-refractivity contribution >= 4 is 23.3 Å². The van der Waals surface area contributed by atoms with E-state index in [1.807, 2.05) is 0 Å². The number of hydrogen-bond donors (Lipinski definition) is 3. The second kappa shape index (κ2) is 6.96. The SMILES string of the molecule is CC(=O)c1cccc(NC(=O)C(=O)NC2CC(C)(C)NC(C)(C)C2)c1. The van der Waals surface area contributed by atoms with Gasteiger partial charge in [-0.15, -0.1) is 0 Å². The fourth-order valence-electron chi connectivity index (χ4n) is 3.68. The molecule has 1 aliphatic heterocycles. The molecule has 6 nitrogen and oxygen atoms in total. The fourth-order valence-corrected chi connectivity index (χ4v) is 3.68. The summed E-state index contributed by atoms with van der Waals surface area (Å²) in [6.07, 6.45) is 1.49. The lowest BCUT2D eigenvalue weighted by Gasteiger charge is -2.46. The molecule has 2 rings (SSSR count). The van der Waals surface area contributed by atoms with Crippen molar-refractivity contribution in [2.45, 2.75) is 64.6 Å². The number of benzene rings is 1. The number of hydrogen-bond acceptors (Lipinski definition) is 4. The lowest BCUT2D eigenvalue weighted by atomic mass is 9.79. The van der Waals surface area contributed by atoms with Crippen molar-refractivity contribution in [1.29, 1.82) is 0 Å². The minimum absolute atomic E-state index is 0.0759. The van der Waals surface area contributed by atoms with Gasteiger partial charge in [-0.2, -0.15) is 0 Å². The van der Waals surface area contributed by atoms with Gasteiger partial charge in [-0.25, -0.2) is 0 Å². The summed E-state index contributed by atoms with van der Waals surface area (Å²) in [5, 5.41) is 8.92. The highest BCUT2D eigenvalue weighted by Crippen LogP contribution is 2.28. The number of anilines is 1. The predicted octanol–water partition coefficient (Wildman–Crippen LogP) is 2.25. The van der Waals surface area contributed by atoms with E-state index in [4.69, 9.17) is 0 Å². The van der Waals surface area contributed by atoms with Crippen molar-refractivity contribution in [1.82, 2.24) is 10.6 Å². The summed E-state index contributed by atoms with van der Waals surface area (Å²) in [6.45, 7) is 9.79. The molecule has 1 aromatic carbocycles. The topological polar surface area (TPSA) is 87.3 Å². The molecule has 3 N–H and O–H groups in total. The molecule has 0 atom stereocenters. The van der Waals surface area contributed by atoms with Gasteiger partial charge in [0, 0.05) is 28.4 Å².